The largest absolute Gasteiger partial charge is 0.417 e. The SMILES string of the molecule is N#Cc1ccc(Nc2ncc(N)cc2Br)cc1C(F)(F)F. The Bertz CT molecular complexity index is 722. The molecule has 8 heteroatoms. The summed E-state index contributed by atoms with van der Waals surface area (Å²) in [6.07, 6.45) is -3.23. The minimum absolute atomic E-state index is 0.166. The van der Waals surface area contributed by atoms with Gasteiger partial charge in [-0.15, -0.1) is 0 Å². The number of nitrogens with zero attached hydrogens (tertiary/aromatic N) is 2. The molecule has 0 unspecified atom stereocenters. The quantitative estimate of drug-likeness (QED) is 0.850. The molecule has 3 N–H and O–H groups in total. The summed E-state index contributed by atoms with van der Waals surface area (Å²) in [5.74, 6) is 0.321. The molecule has 0 atom stereocenters. The number of aromatic nitrogens is 1. The lowest BCUT2D eigenvalue weighted by molar-refractivity contribution is -0.137. The zero-order valence-electron chi connectivity index (χ0n) is 10.4. The van der Waals surface area contributed by atoms with Crippen molar-refractivity contribution in [2.75, 3.05) is 11.1 Å². The predicted molar refractivity (Wildman–Crippen MR) is 75.8 cm³/mol. The van der Waals surface area contributed by atoms with Crippen LogP contribution in [0.1, 0.15) is 11.1 Å². The smallest absolute Gasteiger partial charge is 0.397 e. The van der Waals surface area contributed by atoms with Crippen LogP contribution in [-0.4, -0.2) is 4.98 Å². The summed E-state index contributed by atoms with van der Waals surface area (Å²) in [6, 6.07) is 6.44. The molecule has 1 aromatic heterocycles. The summed E-state index contributed by atoms with van der Waals surface area (Å²) >= 11 is 3.21. The Hall–Kier alpha value is -2.27. The normalized spacial score (nSPS) is 11.0. The number of pyridine rings is 1. The van der Waals surface area contributed by atoms with E-state index in [1.54, 1.807) is 6.07 Å². The maximum atomic E-state index is 12.9. The highest BCUT2D eigenvalue weighted by atomic mass is 79.9. The highest BCUT2D eigenvalue weighted by Crippen LogP contribution is 2.34. The van der Waals surface area contributed by atoms with E-state index in [0.29, 0.717) is 16.0 Å². The van der Waals surface area contributed by atoms with Crippen molar-refractivity contribution in [2.45, 2.75) is 6.18 Å². The van der Waals surface area contributed by atoms with Crippen LogP contribution in [0, 0.1) is 11.3 Å². The topological polar surface area (TPSA) is 74.7 Å². The molecule has 0 amide bonds. The first-order valence-electron chi connectivity index (χ1n) is 5.60. The van der Waals surface area contributed by atoms with Crippen LogP contribution in [0.25, 0.3) is 0 Å². The average Bonchev–Trinajstić information content (AvgIpc) is 2.41. The number of nitrogens with one attached hydrogen (secondary N) is 1. The molecular weight excluding hydrogens is 349 g/mol. The highest BCUT2D eigenvalue weighted by molar-refractivity contribution is 9.10. The first kappa shape index (κ1) is 15.1. The number of nitriles is 1. The van der Waals surface area contributed by atoms with Gasteiger partial charge in [0, 0.05) is 5.69 Å². The molecule has 2 rings (SSSR count). The number of halogens is 4. The van der Waals surface area contributed by atoms with Crippen LogP contribution in [0.4, 0.5) is 30.4 Å². The van der Waals surface area contributed by atoms with Gasteiger partial charge in [0.05, 0.1) is 33.6 Å². The van der Waals surface area contributed by atoms with E-state index in [-0.39, 0.29) is 5.69 Å². The molecule has 0 saturated heterocycles. The second kappa shape index (κ2) is 5.61. The molecule has 1 heterocycles. The van der Waals surface area contributed by atoms with Crippen molar-refractivity contribution in [3.63, 3.8) is 0 Å². The van der Waals surface area contributed by atoms with Crippen molar-refractivity contribution < 1.29 is 13.2 Å². The van der Waals surface area contributed by atoms with Gasteiger partial charge in [0.1, 0.15) is 5.82 Å². The lowest BCUT2D eigenvalue weighted by atomic mass is 10.1. The molecule has 4 nitrogen and oxygen atoms in total. The van der Waals surface area contributed by atoms with Crippen LogP contribution < -0.4 is 11.1 Å². The average molecular weight is 357 g/mol. The second-order valence-corrected chi connectivity index (χ2v) is 4.95. The number of anilines is 3. The minimum Gasteiger partial charge on any atom is -0.397 e. The van der Waals surface area contributed by atoms with Gasteiger partial charge in [0.25, 0.3) is 0 Å². The molecule has 0 aliphatic carbocycles. The molecule has 1 aromatic carbocycles. The van der Waals surface area contributed by atoms with Gasteiger partial charge in [-0.3, -0.25) is 0 Å². The Morgan fingerprint density at radius 2 is 2.00 bits per heavy atom. The fourth-order valence-corrected chi connectivity index (χ4v) is 2.10. The van der Waals surface area contributed by atoms with Crippen LogP contribution in [0.2, 0.25) is 0 Å². The summed E-state index contributed by atoms with van der Waals surface area (Å²) in [5.41, 5.74) is 4.69. The Morgan fingerprint density at radius 1 is 1.29 bits per heavy atom. The Kier molecular flexibility index (Phi) is 4.04. The molecule has 0 aliphatic rings. The molecule has 0 spiro atoms. The van der Waals surface area contributed by atoms with Gasteiger partial charge < -0.3 is 11.1 Å². The van der Waals surface area contributed by atoms with Crippen molar-refractivity contribution in [1.29, 1.82) is 5.26 Å². The maximum Gasteiger partial charge on any atom is 0.417 e. The van der Waals surface area contributed by atoms with E-state index < -0.39 is 17.3 Å². The third kappa shape index (κ3) is 3.44. The number of hydrogen-bond acceptors (Lipinski definition) is 4. The molecule has 0 saturated carbocycles. The minimum atomic E-state index is -4.60. The van der Waals surface area contributed by atoms with E-state index in [1.807, 2.05) is 0 Å². The highest BCUT2D eigenvalue weighted by Gasteiger charge is 2.33. The zero-order chi connectivity index (χ0) is 15.6. The van der Waals surface area contributed by atoms with Gasteiger partial charge in [-0.25, -0.2) is 4.98 Å². The molecule has 108 valence electrons. The van der Waals surface area contributed by atoms with Crippen molar-refractivity contribution >= 4 is 33.1 Å². The number of rotatable bonds is 2. The van der Waals surface area contributed by atoms with E-state index in [0.717, 1.165) is 12.1 Å². The number of hydrogen-bond donors (Lipinski definition) is 2. The lowest BCUT2D eigenvalue weighted by Gasteiger charge is -2.12. The van der Waals surface area contributed by atoms with Gasteiger partial charge in [0.15, 0.2) is 0 Å². The third-order valence-electron chi connectivity index (χ3n) is 2.57. The van der Waals surface area contributed by atoms with Crippen molar-refractivity contribution in [2.24, 2.45) is 0 Å². The van der Waals surface area contributed by atoms with Crippen LogP contribution in [-0.2, 0) is 6.18 Å². The van der Waals surface area contributed by atoms with E-state index in [2.05, 4.69) is 26.2 Å². The first-order chi connectivity index (χ1) is 9.81. The van der Waals surface area contributed by atoms with Gasteiger partial charge in [-0.2, -0.15) is 18.4 Å². The standard InChI is InChI=1S/C13H8BrF3N4/c14-11-3-8(19)6-20-12(11)21-9-2-1-7(5-18)10(4-9)13(15,16)17/h1-4,6H,19H2,(H,20,21). The third-order valence-corrected chi connectivity index (χ3v) is 3.17. The second-order valence-electron chi connectivity index (χ2n) is 4.09. The van der Waals surface area contributed by atoms with Crippen LogP contribution in [0.15, 0.2) is 34.9 Å². The van der Waals surface area contributed by atoms with Gasteiger partial charge in [-0.1, -0.05) is 0 Å². The molecular formula is C13H8BrF3N4. The van der Waals surface area contributed by atoms with Crippen LogP contribution in [0.3, 0.4) is 0 Å². The number of nitrogens with two attached hydrogens (primary N) is 1. The molecule has 0 fully saturated rings. The van der Waals surface area contributed by atoms with Crippen LogP contribution in [0.5, 0.6) is 0 Å². The molecule has 0 bridgehead atoms. The van der Waals surface area contributed by atoms with E-state index in [1.165, 1.54) is 18.3 Å². The summed E-state index contributed by atoms with van der Waals surface area (Å²) in [4.78, 5) is 3.98. The fourth-order valence-electron chi connectivity index (χ4n) is 1.64. The summed E-state index contributed by atoms with van der Waals surface area (Å²) in [6.45, 7) is 0. The number of alkyl halides is 3. The Labute approximate surface area is 126 Å². The molecule has 2 aromatic rings. The number of nitrogen functional groups attached to an aromatic ring is 1. The zero-order valence-corrected chi connectivity index (χ0v) is 12.0. The Morgan fingerprint density at radius 3 is 2.57 bits per heavy atom. The predicted octanol–water partition coefficient (Wildman–Crippen LogP) is 4.06. The monoisotopic (exact) mass is 356 g/mol. The van der Waals surface area contributed by atoms with E-state index in [4.69, 9.17) is 11.0 Å². The maximum absolute atomic E-state index is 12.9. The van der Waals surface area contributed by atoms with Crippen molar-refractivity contribution in [3.05, 3.63) is 46.1 Å². The molecule has 0 radical (unpaired) electrons. The summed E-state index contributed by atoms with van der Waals surface area (Å²) in [5, 5.41) is 11.5. The molecule has 0 aliphatic heterocycles. The van der Waals surface area contributed by atoms with Gasteiger partial charge in [0.2, 0.25) is 0 Å². The van der Waals surface area contributed by atoms with E-state index >= 15 is 0 Å². The van der Waals surface area contributed by atoms with Gasteiger partial charge in [-0.05, 0) is 40.2 Å². The lowest BCUT2D eigenvalue weighted by Crippen LogP contribution is -2.08. The van der Waals surface area contributed by atoms with Crippen molar-refractivity contribution in [1.82, 2.24) is 4.98 Å². The Balaban J connectivity index is 2.40. The van der Waals surface area contributed by atoms with Gasteiger partial charge >= 0.3 is 6.18 Å². The summed E-state index contributed by atoms with van der Waals surface area (Å²) < 4.78 is 39.1. The first-order valence-corrected chi connectivity index (χ1v) is 6.40. The van der Waals surface area contributed by atoms with Crippen molar-refractivity contribution in [3.8, 4) is 6.07 Å². The molecule has 21 heavy (non-hydrogen) atoms. The van der Waals surface area contributed by atoms with E-state index in [9.17, 15) is 13.2 Å². The van der Waals surface area contributed by atoms with Crippen LogP contribution >= 0.6 is 15.9 Å². The number of benzene rings is 1. The fraction of sp³-hybridized carbons (Fsp3) is 0.0769. The summed E-state index contributed by atoms with van der Waals surface area (Å²) in [7, 11) is 0.